The lowest BCUT2D eigenvalue weighted by molar-refractivity contribution is -0.0351. The van der Waals surface area contributed by atoms with Gasteiger partial charge in [-0.1, -0.05) is 13.8 Å². The minimum Gasteiger partial charge on any atom is -0.503 e. The van der Waals surface area contributed by atoms with Crippen molar-refractivity contribution in [1.82, 2.24) is 14.6 Å². The minimum atomic E-state index is -0.931. The predicted octanol–water partition coefficient (Wildman–Crippen LogP) is -0.0538. The Labute approximate surface area is 121 Å². The van der Waals surface area contributed by atoms with Crippen molar-refractivity contribution in [2.75, 3.05) is 26.3 Å². The number of aromatic hydroxyl groups is 2. The molecule has 8 heteroatoms. The largest absolute Gasteiger partial charge is 0.503 e. The Hall–Kier alpha value is -2.06. The molecule has 116 valence electrons. The van der Waals surface area contributed by atoms with E-state index in [1.165, 1.54) is 15.8 Å². The fraction of sp³-hybridized carbons (Fsp3) is 0.538. The third-order valence-electron chi connectivity index (χ3n) is 3.27. The van der Waals surface area contributed by atoms with Crippen LogP contribution in [0.15, 0.2) is 11.0 Å². The van der Waals surface area contributed by atoms with Crippen molar-refractivity contribution in [2.45, 2.75) is 20.5 Å². The van der Waals surface area contributed by atoms with Crippen molar-refractivity contribution >= 4 is 5.91 Å². The van der Waals surface area contributed by atoms with Crippen LogP contribution in [0.1, 0.15) is 24.3 Å². The monoisotopic (exact) mass is 297 g/mol. The molecule has 0 spiro atoms. The molecule has 1 aromatic rings. The molecule has 0 aliphatic carbocycles. The molecule has 2 aliphatic heterocycles. The average molecular weight is 297 g/mol. The van der Waals surface area contributed by atoms with Crippen molar-refractivity contribution in [2.24, 2.45) is 0 Å². The first-order valence-electron chi connectivity index (χ1n) is 6.89. The highest BCUT2D eigenvalue weighted by atomic mass is 16.5. The van der Waals surface area contributed by atoms with Crippen molar-refractivity contribution in [3.63, 3.8) is 0 Å². The number of rotatable bonds is 0. The Kier molecular flexibility index (Phi) is 4.49. The number of amides is 1. The van der Waals surface area contributed by atoms with Gasteiger partial charge in [-0.05, 0) is 0 Å². The Morgan fingerprint density at radius 1 is 1.14 bits per heavy atom. The van der Waals surface area contributed by atoms with E-state index in [0.717, 1.165) is 0 Å². The molecule has 0 atom stereocenters. The number of hydrogen-bond donors (Lipinski definition) is 2. The molecule has 3 heterocycles. The van der Waals surface area contributed by atoms with Crippen LogP contribution in [0.3, 0.4) is 0 Å². The average Bonchev–Trinajstić information content (AvgIpc) is 2.72. The van der Waals surface area contributed by atoms with E-state index < -0.39 is 22.8 Å². The molecule has 2 N–H and O–H groups in total. The van der Waals surface area contributed by atoms with E-state index in [4.69, 9.17) is 4.74 Å². The zero-order chi connectivity index (χ0) is 15.6. The molecule has 0 aromatic carbocycles. The molecule has 1 fully saturated rings. The smallest absolute Gasteiger partial charge is 0.288 e. The van der Waals surface area contributed by atoms with Gasteiger partial charge in [0.2, 0.25) is 0 Å². The molecule has 1 aromatic heterocycles. The van der Waals surface area contributed by atoms with Gasteiger partial charge in [-0.2, -0.15) is 5.01 Å². The summed E-state index contributed by atoms with van der Waals surface area (Å²) >= 11 is 0. The SMILES string of the molecule is CC.O=C1c2c(O)c(=O)c(O)cn2CN2CCOCCN12. The third kappa shape index (κ3) is 2.59. The molecule has 0 unspecified atom stereocenters. The summed E-state index contributed by atoms with van der Waals surface area (Å²) in [4.78, 5) is 23.8. The van der Waals surface area contributed by atoms with Gasteiger partial charge < -0.3 is 19.5 Å². The van der Waals surface area contributed by atoms with E-state index in [-0.39, 0.29) is 12.4 Å². The number of pyridine rings is 1. The van der Waals surface area contributed by atoms with E-state index in [0.29, 0.717) is 26.3 Å². The fourth-order valence-corrected chi connectivity index (χ4v) is 2.33. The lowest BCUT2D eigenvalue weighted by Gasteiger charge is -2.38. The number of fused-ring (bicyclic) bond motifs is 2. The van der Waals surface area contributed by atoms with E-state index in [1.807, 2.05) is 13.8 Å². The first-order chi connectivity index (χ1) is 10.1. The van der Waals surface area contributed by atoms with E-state index in [1.54, 1.807) is 5.01 Å². The van der Waals surface area contributed by atoms with Crippen LogP contribution in [-0.2, 0) is 11.4 Å². The first kappa shape index (κ1) is 15.3. The number of aromatic nitrogens is 1. The van der Waals surface area contributed by atoms with Crippen LogP contribution in [0.5, 0.6) is 11.5 Å². The highest BCUT2D eigenvalue weighted by molar-refractivity contribution is 5.95. The topological polar surface area (TPSA) is 95.2 Å². The molecule has 21 heavy (non-hydrogen) atoms. The summed E-state index contributed by atoms with van der Waals surface area (Å²) in [6.07, 6.45) is 1.17. The summed E-state index contributed by atoms with van der Waals surface area (Å²) in [7, 11) is 0. The molecule has 8 nitrogen and oxygen atoms in total. The van der Waals surface area contributed by atoms with Crippen molar-refractivity contribution < 1.29 is 19.7 Å². The summed E-state index contributed by atoms with van der Waals surface area (Å²) in [6, 6.07) is 0. The lowest BCUT2D eigenvalue weighted by atomic mass is 10.2. The zero-order valence-electron chi connectivity index (χ0n) is 12.1. The third-order valence-corrected chi connectivity index (χ3v) is 3.27. The highest BCUT2D eigenvalue weighted by Gasteiger charge is 2.34. The zero-order valence-corrected chi connectivity index (χ0v) is 12.1. The van der Waals surface area contributed by atoms with E-state index >= 15 is 0 Å². The van der Waals surface area contributed by atoms with Gasteiger partial charge in [-0.15, -0.1) is 0 Å². The van der Waals surface area contributed by atoms with Gasteiger partial charge in [-0.25, -0.2) is 0 Å². The molecule has 2 aliphatic rings. The second kappa shape index (κ2) is 6.15. The van der Waals surface area contributed by atoms with Crippen molar-refractivity contribution in [3.8, 4) is 11.5 Å². The van der Waals surface area contributed by atoms with Crippen LogP contribution in [0, 0.1) is 0 Å². The van der Waals surface area contributed by atoms with Crippen LogP contribution in [0.4, 0.5) is 0 Å². The molecule has 0 radical (unpaired) electrons. The summed E-state index contributed by atoms with van der Waals surface area (Å²) < 4.78 is 6.66. The van der Waals surface area contributed by atoms with Crippen LogP contribution < -0.4 is 5.43 Å². The molecule has 0 bridgehead atoms. The van der Waals surface area contributed by atoms with Gasteiger partial charge in [-0.3, -0.25) is 14.6 Å². The maximum Gasteiger partial charge on any atom is 0.288 e. The van der Waals surface area contributed by atoms with Crippen LogP contribution >= 0.6 is 0 Å². The van der Waals surface area contributed by atoms with Crippen LogP contribution in [0.25, 0.3) is 0 Å². The van der Waals surface area contributed by atoms with Crippen molar-refractivity contribution in [1.29, 1.82) is 0 Å². The summed E-state index contributed by atoms with van der Waals surface area (Å²) in [5, 5.41) is 22.4. The maximum atomic E-state index is 12.3. The van der Waals surface area contributed by atoms with Gasteiger partial charge >= 0.3 is 0 Å². The molecule has 1 amide bonds. The standard InChI is InChI=1S/C11H13N3O5.C2H6/c15-7-5-12-6-13-1-3-19-4-2-14(13)11(18)8(12)10(17)9(7)16;1-2/h5,15,17H,1-4,6H2;1-2H3. The normalized spacial score (nSPS) is 18.2. The quantitative estimate of drug-likeness (QED) is 0.697. The van der Waals surface area contributed by atoms with Gasteiger partial charge in [0.15, 0.2) is 17.2 Å². The van der Waals surface area contributed by atoms with Gasteiger partial charge in [0, 0.05) is 6.54 Å². The predicted molar refractivity (Wildman–Crippen MR) is 73.9 cm³/mol. The highest BCUT2D eigenvalue weighted by Crippen LogP contribution is 2.24. The number of carbonyl (C=O) groups is 1. The van der Waals surface area contributed by atoms with Crippen molar-refractivity contribution in [3.05, 3.63) is 22.1 Å². The van der Waals surface area contributed by atoms with Crippen LogP contribution in [-0.4, -0.2) is 57.0 Å². The number of nitrogens with zero attached hydrogens (tertiary/aromatic N) is 3. The second-order valence-electron chi connectivity index (χ2n) is 4.42. The van der Waals surface area contributed by atoms with Gasteiger partial charge in [0.25, 0.3) is 11.3 Å². The Bertz CT molecular complexity index is 598. The van der Waals surface area contributed by atoms with E-state index in [2.05, 4.69) is 0 Å². The molecular weight excluding hydrogens is 278 g/mol. The maximum absolute atomic E-state index is 12.3. The van der Waals surface area contributed by atoms with Gasteiger partial charge in [0.05, 0.1) is 32.6 Å². The lowest BCUT2D eigenvalue weighted by Crippen LogP contribution is -2.53. The second-order valence-corrected chi connectivity index (χ2v) is 4.42. The molecule has 0 saturated carbocycles. The van der Waals surface area contributed by atoms with Gasteiger partial charge in [0.1, 0.15) is 0 Å². The fourth-order valence-electron chi connectivity index (χ4n) is 2.33. The minimum absolute atomic E-state index is 0.0963. The number of hydrogen-bond acceptors (Lipinski definition) is 6. The number of ether oxygens (including phenoxy) is 1. The first-order valence-corrected chi connectivity index (χ1v) is 6.89. The summed E-state index contributed by atoms with van der Waals surface area (Å²) in [5.74, 6) is -1.75. The summed E-state index contributed by atoms with van der Waals surface area (Å²) in [6.45, 7) is 6.07. The van der Waals surface area contributed by atoms with E-state index in [9.17, 15) is 19.8 Å². The number of hydrazine groups is 1. The Balaban J connectivity index is 0.000000774. The molecule has 3 rings (SSSR count). The van der Waals surface area contributed by atoms with Crippen LogP contribution in [0.2, 0.25) is 0 Å². The Morgan fingerprint density at radius 3 is 2.52 bits per heavy atom. The Morgan fingerprint density at radius 2 is 1.81 bits per heavy atom. The molecular formula is C13H19N3O5. The molecule has 1 saturated heterocycles. The summed E-state index contributed by atoms with van der Waals surface area (Å²) in [5.41, 5.74) is -1.03. The number of carbonyl (C=O) groups excluding carboxylic acids is 1.